The molecule has 0 aliphatic carbocycles. The molecule has 4 heteroatoms. The third-order valence-electron chi connectivity index (χ3n) is 10.9. The molecule has 0 fully saturated rings. The van der Waals surface area contributed by atoms with Crippen LogP contribution in [-0.2, 0) is 0 Å². The first-order valence-electron chi connectivity index (χ1n) is 17.4. The SMILES string of the molecule is N#Cc1cc(C#N)c(-n2c3ccccc3c3c4ccccc4c4ccccc4c32)cc1-n1c2ccccc2c2c3ccccc3c3ccccc3c21. The summed E-state index contributed by atoms with van der Waals surface area (Å²) in [6, 6.07) is 60.0. The van der Waals surface area contributed by atoms with Crippen molar-refractivity contribution in [2.45, 2.75) is 0 Å². The Morgan fingerprint density at radius 1 is 0.327 bits per heavy atom. The van der Waals surface area contributed by atoms with Crippen LogP contribution < -0.4 is 0 Å². The maximum absolute atomic E-state index is 10.8. The van der Waals surface area contributed by atoms with Crippen LogP contribution in [0.5, 0.6) is 0 Å². The Morgan fingerprint density at radius 3 is 1.02 bits per heavy atom. The standard InChI is InChI=1S/C48H26N4/c49-27-29-25-30(28-50)44(52-42-24-12-10-22-40(42)46-36-18-6-2-14-32(36)34-16-4-8-20-38(34)48(46)52)26-43(29)51-41-23-11-9-21-39(41)45-35-17-5-1-13-31(35)33-15-3-7-19-37(33)47(45)51/h1-26H. The molecule has 0 aliphatic rings. The van der Waals surface area contributed by atoms with Gasteiger partial charge in [0.05, 0.1) is 44.6 Å². The van der Waals surface area contributed by atoms with Gasteiger partial charge in [0.1, 0.15) is 12.1 Å². The van der Waals surface area contributed by atoms with Gasteiger partial charge >= 0.3 is 0 Å². The number of aromatic nitrogens is 2. The number of benzene rings is 9. The summed E-state index contributed by atoms with van der Waals surface area (Å²) < 4.78 is 4.51. The van der Waals surface area contributed by atoms with Gasteiger partial charge < -0.3 is 9.13 Å². The molecule has 0 saturated heterocycles. The van der Waals surface area contributed by atoms with Crippen molar-refractivity contribution in [3.05, 3.63) is 169 Å². The predicted molar refractivity (Wildman–Crippen MR) is 215 cm³/mol. The van der Waals surface area contributed by atoms with Crippen LogP contribution in [0.4, 0.5) is 0 Å². The van der Waals surface area contributed by atoms with E-state index >= 15 is 0 Å². The molecule has 4 nitrogen and oxygen atoms in total. The third-order valence-corrected chi connectivity index (χ3v) is 10.9. The highest BCUT2D eigenvalue weighted by atomic mass is 15.0. The van der Waals surface area contributed by atoms with Crippen molar-refractivity contribution in [1.29, 1.82) is 10.5 Å². The number of hydrogen-bond donors (Lipinski definition) is 0. The van der Waals surface area contributed by atoms with Crippen LogP contribution in [-0.4, -0.2) is 9.13 Å². The van der Waals surface area contributed by atoms with E-state index in [1.807, 2.05) is 0 Å². The van der Waals surface area contributed by atoms with Gasteiger partial charge in [-0.15, -0.1) is 0 Å². The van der Waals surface area contributed by atoms with Crippen LogP contribution in [0.3, 0.4) is 0 Å². The van der Waals surface area contributed by atoms with Crippen LogP contribution in [0.1, 0.15) is 11.1 Å². The number of nitrogens with zero attached hydrogens (tertiary/aromatic N) is 4. The highest BCUT2D eigenvalue weighted by Gasteiger charge is 2.24. The molecule has 0 bridgehead atoms. The van der Waals surface area contributed by atoms with Gasteiger partial charge in [-0.25, -0.2) is 0 Å². The summed E-state index contributed by atoms with van der Waals surface area (Å²) in [6.45, 7) is 0. The lowest BCUT2D eigenvalue weighted by Crippen LogP contribution is -2.05. The van der Waals surface area contributed by atoms with E-state index < -0.39 is 0 Å². The van der Waals surface area contributed by atoms with Gasteiger partial charge in [0, 0.05) is 32.3 Å². The lowest BCUT2D eigenvalue weighted by Gasteiger charge is -2.18. The molecule has 0 N–H and O–H groups in total. The second kappa shape index (κ2) is 10.6. The van der Waals surface area contributed by atoms with Crippen LogP contribution in [0.15, 0.2) is 158 Å². The number of para-hydroxylation sites is 2. The Balaban J connectivity index is 1.37. The highest BCUT2D eigenvalue weighted by molar-refractivity contribution is 6.33. The summed E-state index contributed by atoms with van der Waals surface area (Å²) in [5.74, 6) is 0. The fraction of sp³-hybridized carbons (Fsp3) is 0. The number of rotatable bonds is 2. The smallest absolute Gasteiger partial charge is 0.101 e. The van der Waals surface area contributed by atoms with E-state index in [9.17, 15) is 10.5 Å². The lowest BCUT2D eigenvalue weighted by molar-refractivity contribution is 1.12. The van der Waals surface area contributed by atoms with Crippen LogP contribution in [0.25, 0.3) is 98.1 Å². The van der Waals surface area contributed by atoms with E-state index in [1.54, 1.807) is 6.07 Å². The Bertz CT molecular complexity index is 3210. The highest BCUT2D eigenvalue weighted by Crippen LogP contribution is 2.45. The van der Waals surface area contributed by atoms with Crippen LogP contribution in [0.2, 0.25) is 0 Å². The normalized spacial score (nSPS) is 11.8. The van der Waals surface area contributed by atoms with Crippen LogP contribution >= 0.6 is 0 Å². The van der Waals surface area contributed by atoms with Crippen molar-refractivity contribution >= 4 is 86.7 Å². The summed E-state index contributed by atoms with van der Waals surface area (Å²) >= 11 is 0. The van der Waals surface area contributed by atoms with Crippen molar-refractivity contribution in [2.24, 2.45) is 0 Å². The molecule has 11 aromatic rings. The fourth-order valence-corrected chi connectivity index (χ4v) is 8.88. The molecule has 9 aromatic carbocycles. The van der Waals surface area contributed by atoms with E-state index in [1.165, 1.54) is 21.5 Å². The lowest BCUT2D eigenvalue weighted by atomic mass is 9.96. The molecule has 2 heterocycles. The summed E-state index contributed by atoms with van der Waals surface area (Å²) in [5, 5.41) is 35.4. The molecule has 2 aromatic heterocycles. The van der Waals surface area contributed by atoms with Gasteiger partial charge in [-0.2, -0.15) is 10.5 Å². The first-order valence-corrected chi connectivity index (χ1v) is 17.4. The summed E-state index contributed by atoms with van der Waals surface area (Å²) in [6.07, 6.45) is 0. The monoisotopic (exact) mass is 658 g/mol. The topological polar surface area (TPSA) is 57.4 Å². The average molecular weight is 659 g/mol. The van der Waals surface area contributed by atoms with Gasteiger partial charge in [-0.3, -0.25) is 0 Å². The van der Waals surface area contributed by atoms with Crippen molar-refractivity contribution in [2.75, 3.05) is 0 Å². The van der Waals surface area contributed by atoms with Gasteiger partial charge in [-0.05, 0) is 56.6 Å². The molecule has 0 unspecified atom stereocenters. The van der Waals surface area contributed by atoms with Crippen molar-refractivity contribution in [3.8, 4) is 23.5 Å². The van der Waals surface area contributed by atoms with E-state index in [0.29, 0.717) is 11.1 Å². The second-order valence-electron chi connectivity index (χ2n) is 13.4. The Morgan fingerprint density at radius 2 is 0.635 bits per heavy atom. The quantitative estimate of drug-likeness (QED) is 0.174. The van der Waals surface area contributed by atoms with E-state index in [-0.39, 0.29) is 0 Å². The minimum Gasteiger partial charge on any atom is -0.307 e. The molecule has 52 heavy (non-hydrogen) atoms. The molecule has 238 valence electrons. The van der Waals surface area contributed by atoms with E-state index in [4.69, 9.17) is 0 Å². The molecular formula is C48H26N4. The molecule has 0 radical (unpaired) electrons. The van der Waals surface area contributed by atoms with Crippen LogP contribution in [0, 0.1) is 22.7 Å². The summed E-state index contributed by atoms with van der Waals surface area (Å²) in [5.41, 5.74) is 6.45. The molecular weight excluding hydrogens is 633 g/mol. The van der Waals surface area contributed by atoms with Crippen molar-refractivity contribution in [1.82, 2.24) is 9.13 Å². The minimum absolute atomic E-state index is 0.441. The Labute approximate surface area is 297 Å². The average Bonchev–Trinajstić information content (AvgIpc) is 3.75. The maximum Gasteiger partial charge on any atom is 0.101 e. The summed E-state index contributed by atoms with van der Waals surface area (Å²) in [7, 11) is 0. The van der Waals surface area contributed by atoms with Gasteiger partial charge in [0.15, 0.2) is 0 Å². The fourth-order valence-electron chi connectivity index (χ4n) is 8.88. The Kier molecular flexibility index (Phi) is 5.77. The summed E-state index contributed by atoms with van der Waals surface area (Å²) in [4.78, 5) is 0. The zero-order chi connectivity index (χ0) is 34.5. The largest absolute Gasteiger partial charge is 0.307 e. The number of hydrogen-bond acceptors (Lipinski definition) is 2. The molecule has 0 saturated carbocycles. The van der Waals surface area contributed by atoms with Gasteiger partial charge in [0.2, 0.25) is 0 Å². The van der Waals surface area contributed by atoms with Gasteiger partial charge in [0.25, 0.3) is 0 Å². The van der Waals surface area contributed by atoms with E-state index in [0.717, 1.165) is 76.5 Å². The second-order valence-corrected chi connectivity index (χ2v) is 13.4. The number of fused-ring (bicyclic) bond motifs is 16. The zero-order valence-corrected chi connectivity index (χ0v) is 27.8. The Hall–Kier alpha value is -7.40. The number of nitriles is 2. The first kappa shape index (κ1) is 28.4. The maximum atomic E-state index is 10.8. The van der Waals surface area contributed by atoms with E-state index in [2.05, 4.69) is 173 Å². The minimum atomic E-state index is 0.441. The van der Waals surface area contributed by atoms with Gasteiger partial charge in [-0.1, -0.05) is 133 Å². The zero-order valence-electron chi connectivity index (χ0n) is 27.8. The van der Waals surface area contributed by atoms with Crippen molar-refractivity contribution in [3.63, 3.8) is 0 Å². The molecule has 11 rings (SSSR count). The third kappa shape index (κ3) is 3.63. The first-order chi connectivity index (χ1) is 25.8. The predicted octanol–water partition coefficient (Wildman–Crippen LogP) is 12.2. The molecule has 0 aliphatic heterocycles. The molecule has 0 amide bonds. The molecule has 0 atom stereocenters. The van der Waals surface area contributed by atoms with Crippen molar-refractivity contribution < 1.29 is 0 Å². The molecule has 0 spiro atoms.